The molecule has 0 aromatic carbocycles. The van der Waals surface area contributed by atoms with Crippen LogP contribution in [-0.4, -0.2) is 34.4 Å². The largest absolute Gasteiger partial charge is 0.444 e. The summed E-state index contributed by atoms with van der Waals surface area (Å²) in [4.78, 5) is 11.8. The van der Waals surface area contributed by atoms with E-state index in [1.807, 2.05) is 20.8 Å². The maximum Gasteiger partial charge on any atom is 0.407 e. The van der Waals surface area contributed by atoms with E-state index in [4.69, 9.17) is 9.47 Å². The van der Waals surface area contributed by atoms with E-state index in [0.717, 1.165) is 23.2 Å². The average Bonchev–Trinajstić information content (AvgIpc) is 2.39. The van der Waals surface area contributed by atoms with Crippen LogP contribution in [-0.2, 0) is 9.47 Å². The molecule has 0 spiro atoms. The van der Waals surface area contributed by atoms with Gasteiger partial charge in [-0.3, -0.25) is 0 Å². The number of carbonyl (C=O) groups excluding carboxylic acids is 1. The van der Waals surface area contributed by atoms with Crippen molar-refractivity contribution in [2.24, 2.45) is 11.8 Å². The first-order valence-electron chi connectivity index (χ1n) is 8.25. The number of carbonyl (C=O) groups is 1. The molecule has 0 radical (unpaired) electrons. The second-order valence-electron chi connectivity index (χ2n) is 7.95. The fourth-order valence-electron chi connectivity index (χ4n) is 2.70. The van der Waals surface area contributed by atoms with Gasteiger partial charge < -0.3 is 14.8 Å². The minimum absolute atomic E-state index is 0.298. The lowest BCUT2D eigenvalue weighted by Crippen LogP contribution is -2.48. The Bertz CT molecular complexity index is 369. The molecule has 1 fully saturated rings. The molecule has 1 aliphatic carbocycles. The lowest BCUT2D eigenvalue weighted by Gasteiger charge is -2.38. The van der Waals surface area contributed by atoms with Crippen LogP contribution in [0.15, 0.2) is 0 Å². The summed E-state index contributed by atoms with van der Waals surface area (Å²) in [5, 5.41) is 2.85. The Morgan fingerprint density at radius 1 is 1.18 bits per heavy atom. The van der Waals surface area contributed by atoms with Crippen molar-refractivity contribution in [1.29, 1.82) is 0 Å². The summed E-state index contributed by atoms with van der Waals surface area (Å²) in [5.41, 5.74) is -0.816. The molecule has 4 atom stereocenters. The number of hydrogen-bond donors (Lipinski definition) is 1. The summed E-state index contributed by atoms with van der Waals surface area (Å²) in [5.74, 6) is 1.49. The average molecular weight is 425 g/mol. The first-order chi connectivity index (χ1) is 10.0. The second kappa shape index (κ2) is 8.18. The fraction of sp³-hybridized carbons (Fsp3) is 0.941. The van der Waals surface area contributed by atoms with E-state index in [1.54, 1.807) is 0 Å². The fourth-order valence-corrected chi connectivity index (χ4v) is 3.15. The van der Waals surface area contributed by atoms with Crippen LogP contribution in [0.3, 0.4) is 0 Å². The Kier molecular flexibility index (Phi) is 7.43. The first-order valence-corrected chi connectivity index (χ1v) is 9.78. The molecular weight excluding hydrogens is 393 g/mol. The molecule has 0 heterocycles. The highest BCUT2D eigenvalue weighted by molar-refractivity contribution is 14.1. The van der Waals surface area contributed by atoms with Crippen molar-refractivity contribution in [2.45, 2.75) is 78.1 Å². The van der Waals surface area contributed by atoms with E-state index in [-0.39, 0.29) is 11.7 Å². The first kappa shape index (κ1) is 20.0. The zero-order chi connectivity index (χ0) is 17.0. The molecule has 130 valence electrons. The van der Waals surface area contributed by atoms with Crippen LogP contribution in [0.4, 0.5) is 4.79 Å². The van der Waals surface area contributed by atoms with Gasteiger partial charge in [0.25, 0.3) is 0 Å². The summed E-state index contributed by atoms with van der Waals surface area (Å²) < 4.78 is 12.5. The number of alkyl carbamates (subject to hydrolysis) is 1. The van der Waals surface area contributed by atoms with Gasteiger partial charge in [-0.2, -0.15) is 0 Å². The van der Waals surface area contributed by atoms with E-state index >= 15 is 0 Å². The maximum atomic E-state index is 11.8. The third-order valence-electron chi connectivity index (χ3n) is 4.29. The smallest absolute Gasteiger partial charge is 0.407 e. The lowest BCUT2D eigenvalue weighted by molar-refractivity contribution is -0.0906. The van der Waals surface area contributed by atoms with E-state index in [1.165, 1.54) is 6.42 Å². The molecule has 4 nitrogen and oxygen atoms in total. The summed E-state index contributed by atoms with van der Waals surface area (Å²) in [6.45, 7) is 12.8. The molecule has 4 unspecified atom stereocenters. The topological polar surface area (TPSA) is 47.6 Å². The number of rotatable bonds is 5. The van der Waals surface area contributed by atoms with Gasteiger partial charge in [-0.15, -0.1) is 0 Å². The Balaban J connectivity index is 2.48. The Morgan fingerprint density at radius 3 is 2.32 bits per heavy atom. The molecule has 1 saturated carbocycles. The van der Waals surface area contributed by atoms with Crippen LogP contribution in [0.25, 0.3) is 0 Å². The number of amides is 1. The number of ether oxygens (including phenoxy) is 2. The van der Waals surface area contributed by atoms with Crippen molar-refractivity contribution in [2.75, 3.05) is 11.0 Å². The number of nitrogens with one attached hydrogen (secondary N) is 1. The van der Waals surface area contributed by atoms with Crippen molar-refractivity contribution in [3.05, 3.63) is 0 Å². The number of alkyl halides is 1. The minimum Gasteiger partial charge on any atom is -0.444 e. The van der Waals surface area contributed by atoms with Crippen molar-refractivity contribution < 1.29 is 14.3 Å². The van der Waals surface area contributed by atoms with Gasteiger partial charge >= 0.3 is 6.09 Å². The molecule has 5 heteroatoms. The van der Waals surface area contributed by atoms with Crippen LogP contribution in [0.5, 0.6) is 0 Å². The molecule has 0 aromatic rings. The molecule has 0 aromatic heterocycles. The molecule has 1 N–H and O–H groups in total. The van der Waals surface area contributed by atoms with Crippen LogP contribution in [0, 0.1) is 11.8 Å². The zero-order valence-corrected chi connectivity index (χ0v) is 17.0. The van der Waals surface area contributed by atoms with E-state index in [0.29, 0.717) is 18.6 Å². The van der Waals surface area contributed by atoms with E-state index in [2.05, 4.69) is 48.7 Å². The molecule has 0 saturated heterocycles. The third kappa shape index (κ3) is 7.02. The van der Waals surface area contributed by atoms with Gasteiger partial charge in [0.1, 0.15) is 5.60 Å². The zero-order valence-electron chi connectivity index (χ0n) is 14.9. The minimum atomic E-state index is -0.472. The quantitative estimate of drug-likeness (QED) is 0.520. The van der Waals surface area contributed by atoms with Crippen molar-refractivity contribution in [3.8, 4) is 0 Å². The maximum absolute atomic E-state index is 11.8. The molecular formula is C17H32INO3. The number of hydrogen-bond acceptors (Lipinski definition) is 3. The third-order valence-corrected chi connectivity index (χ3v) is 5.90. The molecule has 0 bridgehead atoms. The van der Waals surface area contributed by atoms with E-state index in [9.17, 15) is 4.79 Å². The highest BCUT2D eigenvalue weighted by Gasteiger charge is 2.33. The second-order valence-corrected chi connectivity index (χ2v) is 8.71. The standard InChI is InChI=1S/C17H32INO3/c1-12-7-8-14(9-13(12)2)21-17(6,10-18)11-19-15(20)22-16(3,4)5/h12-14H,7-11H2,1-6H3,(H,19,20). The molecule has 22 heavy (non-hydrogen) atoms. The monoisotopic (exact) mass is 425 g/mol. The van der Waals surface area contributed by atoms with Crippen LogP contribution in [0.2, 0.25) is 0 Å². The normalized spacial score (nSPS) is 28.8. The van der Waals surface area contributed by atoms with Gasteiger partial charge in [0, 0.05) is 4.43 Å². The van der Waals surface area contributed by atoms with Gasteiger partial charge in [0.15, 0.2) is 0 Å². The highest BCUT2D eigenvalue weighted by Crippen LogP contribution is 2.33. The summed E-state index contributed by atoms with van der Waals surface area (Å²) in [6.07, 6.45) is 3.37. The Hall–Kier alpha value is -0.0400. The summed E-state index contributed by atoms with van der Waals surface area (Å²) in [6, 6.07) is 0. The van der Waals surface area contributed by atoms with Gasteiger partial charge in [-0.25, -0.2) is 4.79 Å². The summed E-state index contributed by atoms with van der Waals surface area (Å²) in [7, 11) is 0. The molecule has 1 aliphatic rings. The summed E-state index contributed by atoms with van der Waals surface area (Å²) >= 11 is 2.33. The van der Waals surface area contributed by atoms with Crippen LogP contribution >= 0.6 is 22.6 Å². The molecule has 1 amide bonds. The van der Waals surface area contributed by atoms with Gasteiger partial charge in [-0.05, 0) is 58.8 Å². The van der Waals surface area contributed by atoms with Crippen molar-refractivity contribution >= 4 is 28.7 Å². The molecule has 0 aliphatic heterocycles. The predicted octanol–water partition coefficient (Wildman–Crippen LogP) is 4.55. The Labute approximate surface area is 149 Å². The van der Waals surface area contributed by atoms with Crippen molar-refractivity contribution in [1.82, 2.24) is 5.32 Å². The van der Waals surface area contributed by atoms with Gasteiger partial charge in [0.05, 0.1) is 18.2 Å². The Morgan fingerprint density at radius 2 is 1.82 bits per heavy atom. The van der Waals surface area contributed by atoms with Crippen molar-refractivity contribution in [3.63, 3.8) is 0 Å². The van der Waals surface area contributed by atoms with E-state index < -0.39 is 5.60 Å². The SMILES string of the molecule is CC1CCC(OC(C)(CI)CNC(=O)OC(C)(C)C)CC1C. The number of halogens is 1. The van der Waals surface area contributed by atoms with Gasteiger partial charge in [0.2, 0.25) is 0 Å². The lowest BCUT2D eigenvalue weighted by atomic mass is 9.80. The predicted molar refractivity (Wildman–Crippen MR) is 98.6 cm³/mol. The van der Waals surface area contributed by atoms with Crippen LogP contribution in [0.1, 0.15) is 60.8 Å². The van der Waals surface area contributed by atoms with Crippen LogP contribution < -0.4 is 5.32 Å². The highest BCUT2D eigenvalue weighted by atomic mass is 127. The molecule has 1 rings (SSSR count). The van der Waals surface area contributed by atoms with Gasteiger partial charge in [-0.1, -0.05) is 36.4 Å².